The number of benzene rings is 1. The molecule has 1 heterocycles. The highest BCUT2D eigenvalue weighted by atomic mass is 16.5. The van der Waals surface area contributed by atoms with Crippen LogP contribution in [0.5, 0.6) is 11.6 Å². The molecule has 0 fully saturated rings. The van der Waals surface area contributed by atoms with Gasteiger partial charge in [0.25, 0.3) is 0 Å². The Kier molecular flexibility index (Phi) is 3.74. The van der Waals surface area contributed by atoms with Gasteiger partial charge in [0.1, 0.15) is 11.3 Å². The Labute approximate surface area is 118 Å². The number of carboxylic acid groups (broad SMARTS) is 1. The molecule has 2 aromatic rings. The molecule has 4 nitrogen and oxygen atoms in total. The molecule has 0 aliphatic heterocycles. The molecule has 104 valence electrons. The lowest BCUT2D eigenvalue weighted by molar-refractivity contribution is 0.0693. The largest absolute Gasteiger partial charge is 0.477 e. The van der Waals surface area contributed by atoms with Crippen LogP contribution in [0.15, 0.2) is 42.6 Å². The van der Waals surface area contributed by atoms with Crippen molar-refractivity contribution < 1.29 is 14.6 Å². The third-order valence-electron chi connectivity index (χ3n) is 2.90. The van der Waals surface area contributed by atoms with Crippen LogP contribution < -0.4 is 4.74 Å². The van der Waals surface area contributed by atoms with E-state index >= 15 is 0 Å². The molecule has 0 amide bonds. The van der Waals surface area contributed by atoms with Gasteiger partial charge >= 0.3 is 5.97 Å². The van der Waals surface area contributed by atoms with Crippen molar-refractivity contribution in [2.45, 2.75) is 26.2 Å². The molecule has 0 radical (unpaired) electrons. The van der Waals surface area contributed by atoms with Crippen molar-refractivity contribution in [3.05, 3.63) is 53.7 Å². The first kappa shape index (κ1) is 14.1. The number of hydrogen-bond donors (Lipinski definition) is 1. The molecule has 1 aromatic heterocycles. The third-order valence-corrected chi connectivity index (χ3v) is 2.90. The van der Waals surface area contributed by atoms with Crippen molar-refractivity contribution >= 4 is 5.97 Å². The minimum absolute atomic E-state index is 0.0520. The van der Waals surface area contributed by atoms with Crippen LogP contribution in [0.4, 0.5) is 0 Å². The summed E-state index contributed by atoms with van der Waals surface area (Å²) in [5, 5.41) is 9.15. The Hall–Kier alpha value is -2.36. The number of carbonyl (C=O) groups is 1. The summed E-state index contributed by atoms with van der Waals surface area (Å²) in [6.07, 6.45) is 1.52. The van der Waals surface area contributed by atoms with Gasteiger partial charge in [0.05, 0.1) is 0 Å². The number of carboxylic acids is 1. The van der Waals surface area contributed by atoms with E-state index in [1.165, 1.54) is 12.3 Å². The molecule has 20 heavy (non-hydrogen) atoms. The highest BCUT2D eigenvalue weighted by molar-refractivity contribution is 5.90. The second kappa shape index (κ2) is 5.33. The van der Waals surface area contributed by atoms with Crippen molar-refractivity contribution in [1.82, 2.24) is 4.98 Å². The summed E-state index contributed by atoms with van der Waals surface area (Å²) in [4.78, 5) is 15.2. The highest BCUT2D eigenvalue weighted by Gasteiger charge is 2.20. The second-order valence-electron chi connectivity index (χ2n) is 5.51. The lowest BCUT2D eigenvalue weighted by Crippen LogP contribution is -2.13. The number of nitrogens with zero attached hydrogens (tertiary/aromatic N) is 1. The average molecular weight is 271 g/mol. The lowest BCUT2D eigenvalue weighted by atomic mass is 9.86. The maximum absolute atomic E-state index is 11.2. The van der Waals surface area contributed by atoms with E-state index in [-0.39, 0.29) is 16.9 Å². The van der Waals surface area contributed by atoms with Crippen molar-refractivity contribution in [3.63, 3.8) is 0 Å². The van der Waals surface area contributed by atoms with Crippen molar-refractivity contribution in [1.29, 1.82) is 0 Å². The minimum Gasteiger partial charge on any atom is -0.477 e. The van der Waals surface area contributed by atoms with E-state index in [9.17, 15) is 4.79 Å². The Morgan fingerprint density at radius 1 is 1.15 bits per heavy atom. The molecule has 0 saturated carbocycles. The summed E-state index contributed by atoms with van der Waals surface area (Å²) < 4.78 is 5.74. The predicted molar refractivity (Wildman–Crippen MR) is 76.4 cm³/mol. The number of para-hydroxylation sites is 1. The van der Waals surface area contributed by atoms with E-state index in [0.717, 1.165) is 5.56 Å². The van der Waals surface area contributed by atoms with Gasteiger partial charge < -0.3 is 9.84 Å². The van der Waals surface area contributed by atoms with Gasteiger partial charge in [-0.25, -0.2) is 9.78 Å². The summed E-state index contributed by atoms with van der Waals surface area (Å²) in [5.74, 6) is -0.320. The van der Waals surface area contributed by atoms with Crippen LogP contribution in [-0.4, -0.2) is 16.1 Å². The van der Waals surface area contributed by atoms with Gasteiger partial charge in [0, 0.05) is 11.8 Å². The number of aromatic nitrogens is 1. The Morgan fingerprint density at radius 2 is 1.85 bits per heavy atom. The standard InChI is InChI=1S/C16H17NO3/c1-16(2,3)12-8-4-5-9-13(12)20-14-11(15(18)19)7-6-10-17-14/h4-10H,1-3H3,(H,18,19). The van der Waals surface area contributed by atoms with E-state index < -0.39 is 5.97 Å². The molecule has 0 saturated heterocycles. The summed E-state index contributed by atoms with van der Waals surface area (Å²) in [6.45, 7) is 6.23. The zero-order valence-electron chi connectivity index (χ0n) is 11.8. The Bertz CT molecular complexity index is 630. The number of pyridine rings is 1. The van der Waals surface area contributed by atoms with Gasteiger partial charge in [-0.15, -0.1) is 0 Å². The predicted octanol–water partition coefficient (Wildman–Crippen LogP) is 3.87. The van der Waals surface area contributed by atoms with Gasteiger partial charge in [-0.3, -0.25) is 0 Å². The fourth-order valence-electron chi connectivity index (χ4n) is 1.91. The number of ether oxygens (including phenoxy) is 1. The van der Waals surface area contributed by atoms with E-state index in [0.29, 0.717) is 5.75 Å². The van der Waals surface area contributed by atoms with Crippen LogP contribution in [-0.2, 0) is 5.41 Å². The van der Waals surface area contributed by atoms with E-state index in [4.69, 9.17) is 9.84 Å². The quantitative estimate of drug-likeness (QED) is 0.920. The molecule has 0 atom stereocenters. The maximum atomic E-state index is 11.2. The number of rotatable bonds is 3. The fourth-order valence-corrected chi connectivity index (χ4v) is 1.91. The van der Waals surface area contributed by atoms with Gasteiger partial charge in [0.15, 0.2) is 0 Å². The average Bonchev–Trinajstić information content (AvgIpc) is 2.38. The fraction of sp³-hybridized carbons (Fsp3) is 0.250. The first-order chi connectivity index (χ1) is 9.39. The third kappa shape index (κ3) is 2.96. The van der Waals surface area contributed by atoms with Gasteiger partial charge in [-0.05, 0) is 23.6 Å². The van der Waals surface area contributed by atoms with Crippen molar-refractivity contribution in [2.75, 3.05) is 0 Å². The molecular formula is C16H17NO3. The van der Waals surface area contributed by atoms with Crippen LogP contribution in [0.2, 0.25) is 0 Å². The van der Waals surface area contributed by atoms with Crippen LogP contribution in [0.1, 0.15) is 36.7 Å². The molecule has 0 aliphatic rings. The van der Waals surface area contributed by atoms with Gasteiger partial charge in [-0.2, -0.15) is 0 Å². The molecule has 0 unspecified atom stereocenters. The minimum atomic E-state index is -1.05. The zero-order valence-corrected chi connectivity index (χ0v) is 11.8. The molecule has 1 aromatic carbocycles. The molecule has 4 heteroatoms. The van der Waals surface area contributed by atoms with Crippen LogP contribution >= 0.6 is 0 Å². The van der Waals surface area contributed by atoms with Crippen LogP contribution in [0.3, 0.4) is 0 Å². The first-order valence-corrected chi connectivity index (χ1v) is 6.35. The summed E-state index contributed by atoms with van der Waals surface area (Å²) >= 11 is 0. The molecule has 1 N–H and O–H groups in total. The number of hydrogen-bond acceptors (Lipinski definition) is 3. The van der Waals surface area contributed by atoms with E-state index in [2.05, 4.69) is 25.8 Å². The molecule has 0 aliphatic carbocycles. The molecule has 0 bridgehead atoms. The zero-order chi connectivity index (χ0) is 14.8. The van der Waals surface area contributed by atoms with E-state index in [1.54, 1.807) is 6.07 Å². The number of aromatic carboxylic acids is 1. The lowest BCUT2D eigenvalue weighted by Gasteiger charge is -2.22. The molecular weight excluding hydrogens is 254 g/mol. The normalized spacial score (nSPS) is 11.2. The van der Waals surface area contributed by atoms with E-state index in [1.807, 2.05) is 24.3 Å². The molecule has 0 spiro atoms. The first-order valence-electron chi connectivity index (χ1n) is 6.35. The smallest absolute Gasteiger partial charge is 0.341 e. The SMILES string of the molecule is CC(C)(C)c1ccccc1Oc1ncccc1C(=O)O. The topological polar surface area (TPSA) is 59.4 Å². The Balaban J connectivity index is 2.44. The monoisotopic (exact) mass is 271 g/mol. The molecule has 2 rings (SSSR count). The summed E-state index contributed by atoms with van der Waals surface area (Å²) in [5.41, 5.74) is 0.951. The maximum Gasteiger partial charge on any atom is 0.341 e. The van der Waals surface area contributed by atoms with Crippen molar-refractivity contribution in [3.8, 4) is 11.6 Å². The summed E-state index contributed by atoms with van der Waals surface area (Å²) in [6, 6.07) is 10.6. The highest BCUT2D eigenvalue weighted by Crippen LogP contribution is 2.34. The van der Waals surface area contributed by atoms with Crippen LogP contribution in [0.25, 0.3) is 0 Å². The van der Waals surface area contributed by atoms with Gasteiger partial charge in [0.2, 0.25) is 5.88 Å². The Morgan fingerprint density at radius 3 is 2.50 bits per heavy atom. The van der Waals surface area contributed by atoms with Gasteiger partial charge in [-0.1, -0.05) is 39.0 Å². The van der Waals surface area contributed by atoms with Crippen LogP contribution in [0, 0.1) is 0 Å². The second-order valence-corrected chi connectivity index (χ2v) is 5.51. The summed E-state index contributed by atoms with van der Waals surface area (Å²) in [7, 11) is 0. The van der Waals surface area contributed by atoms with Crippen molar-refractivity contribution in [2.24, 2.45) is 0 Å².